The van der Waals surface area contributed by atoms with Gasteiger partial charge in [0.1, 0.15) is 23.2 Å². The van der Waals surface area contributed by atoms with Crippen molar-refractivity contribution in [3.8, 4) is 0 Å². The minimum absolute atomic E-state index is 0.000101. The summed E-state index contributed by atoms with van der Waals surface area (Å²) in [6.07, 6.45) is -1.56. The predicted molar refractivity (Wildman–Crippen MR) is 138 cm³/mol. The van der Waals surface area contributed by atoms with Gasteiger partial charge in [0, 0.05) is 12.0 Å². The summed E-state index contributed by atoms with van der Waals surface area (Å²) in [5.74, 6) is -0.345. The molecule has 0 spiro atoms. The first-order chi connectivity index (χ1) is 18.5. The van der Waals surface area contributed by atoms with E-state index in [4.69, 9.17) is 30.9 Å². The molecular formula is C24H29ClFN4O8P. The highest BCUT2D eigenvalue weighted by atomic mass is 35.5. The minimum Gasteiger partial charge on any atom is -0.388 e. The number of benzene rings is 1. The third kappa shape index (κ3) is 5.97. The smallest absolute Gasteiger partial charge is 0.388 e. The van der Waals surface area contributed by atoms with Gasteiger partial charge in [0.15, 0.2) is 5.65 Å². The second-order valence-electron chi connectivity index (χ2n) is 10.1. The van der Waals surface area contributed by atoms with Crippen molar-refractivity contribution in [3.05, 3.63) is 53.1 Å². The van der Waals surface area contributed by atoms with E-state index in [9.17, 15) is 19.2 Å². The molecule has 5 rings (SSSR count). The number of nitrogens with zero attached hydrogens (tertiary/aromatic N) is 3. The van der Waals surface area contributed by atoms with Crippen LogP contribution in [0, 0.1) is 11.2 Å². The Kier molecular flexibility index (Phi) is 7.99. The lowest BCUT2D eigenvalue weighted by molar-refractivity contribution is -0.183. The van der Waals surface area contributed by atoms with Crippen molar-refractivity contribution >= 4 is 36.1 Å². The summed E-state index contributed by atoms with van der Waals surface area (Å²) in [6, 6.07) is 6.95. The van der Waals surface area contributed by atoms with Crippen LogP contribution in [-0.2, 0) is 18.6 Å². The first-order valence-electron chi connectivity index (χ1n) is 12.3. The van der Waals surface area contributed by atoms with E-state index < -0.39 is 43.6 Å². The zero-order chi connectivity index (χ0) is 27.9. The Bertz CT molecular complexity index is 1390. The molecule has 3 heterocycles. The lowest BCUT2D eigenvalue weighted by Gasteiger charge is -2.41. The fourth-order valence-electron chi connectivity index (χ4n) is 4.97. The number of halogens is 2. The molecule has 15 heteroatoms. The average molecular weight is 587 g/mol. The van der Waals surface area contributed by atoms with Crippen LogP contribution in [-0.4, -0.2) is 79.5 Å². The van der Waals surface area contributed by atoms with E-state index in [1.54, 1.807) is 30.5 Å². The van der Waals surface area contributed by atoms with Gasteiger partial charge in [0.2, 0.25) is 0 Å². The number of aliphatic hydroxyl groups is 2. The Morgan fingerprint density at radius 3 is 2.69 bits per heavy atom. The van der Waals surface area contributed by atoms with Gasteiger partial charge >= 0.3 is 7.82 Å². The number of hydrogen-bond acceptors (Lipinski definition) is 9. The lowest BCUT2D eigenvalue weighted by atomic mass is 9.88. The fourth-order valence-corrected chi connectivity index (χ4v) is 5.60. The van der Waals surface area contributed by atoms with Gasteiger partial charge in [-0.1, -0.05) is 29.8 Å². The van der Waals surface area contributed by atoms with E-state index in [1.807, 2.05) is 6.92 Å². The quantitative estimate of drug-likeness (QED) is 0.175. The van der Waals surface area contributed by atoms with Crippen molar-refractivity contribution < 1.29 is 43.0 Å². The number of aliphatic hydroxyl groups excluding tert-OH is 2. The number of hydrogen-bond donors (Lipinski definition) is 5. The van der Waals surface area contributed by atoms with E-state index in [2.05, 4.69) is 19.9 Å². The van der Waals surface area contributed by atoms with Crippen LogP contribution in [0.1, 0.15) is 31.0 Å². The highest BCUT2D eigenvalue weighted by molar-refractivity contribution is 7.46. The van der Waals surface area contributed by atoms with Gasteiger partial charge in [-0.15, -0.1) is 0 Å². The van der Waals surface area contributed by atoms with Crippen molar-refractivity contribution in [2.45, 2.75) is 43.7 Å². The maximum Gasteiger partial charge on any atom is 0.469 e. The van der Waals surface area contributed by atoms with Crippen LogP contribution in [0.2, 0.25) is 5.15 Å². The molecule has 12 nitrogen and oxygen atoms in total. The average Bonchev–Trinajstić information content (AvgIpc) is 3.38. The van der Waals surface area contributed by atoms with Crippen molar-refractivity contribution in [3.63, 3.8) is 0 Å². The maximum absolute atomic E-state index is 14.3. The van der Waals surface area contributed by atoms with Gasteiger partial charge in [-0.25, -0.2) is 18.6 Å². The van der Waals surface area contributed by atoms with Crippen LogP contribution >= 0.6 is 19.4 Å². The molecule has 5 N–H and O–H groups in total. The normalized spacial score (nSPS) is 25.5. The van der Waals surface area contributed by atoms with Gasteiger partial charge < -0.3 is 34.8 Å². The zero-order valence-corrected chi connectivity index (χ0v) is 22.5. The number of aromatic nitrogens is 3. The van der Waals surface area contributed by atoms with Gasteiger partial charge in [-0.3, -0.25) is 4.52 Å². The molecule has 0 radical (unpaired) electrons. The number of rotatable bonds is 10. The molecule has 2 aromatic heterocycles. The molecular weight excluding hydrogens is 558 g/mol. The van der Waals surface area contributed by atoms with Crippen LogP contribution in [0.5, 0.6) is 0 Å². The third-order valence-electron chi connectivity index (χ3n) is 7.15. The molecule has 3 aromatic rings. The number of ether oxygens (including phenoxy) is 2. The summed E-state index contributed by atoms with van der Waals surface area (Å²) in [5.41, 5.74) is 0.639. The molecule has 1 aliphatic heterocycles. The van der Waals surface area contributed by atoms with E-state index in [0.717, 1.165) is 0 Å². The maximum atomic E-state index is 14.3. The molecule has 212 valence electrons. The Hall–Kier alpha value is -2.19. The largest absolute Gasteiger partial charge is 0.469 e. The summed E-state index contributed by atoms with van der Waals surface area (Å²) in [7, 11) is -4.67. The van der Waals surface area contributed by atoms with Gasteiger partial charge in [-0.05, 0) is 19.1 Å². The first kappa shape index (κ1) is 28.3. The van der Waals surface area contributed by atoms with Crippen molar-refractivity contribution in [2.75, 3.05) is 31.7 Å². The molecule has 0 unspecified atom stereocenters. The molecule has 39 heavy (non-hydrogen) atoms. The minimum atomic E-state index is -4.67. The Morgan fingerprint density at radius 1 is 1.28 bits per heavy atom. The zero-order valence-electron chi connectivity index (χ0n) is 20.9. The Balaban J connectivity index is 1.33. The standard InChI is InChI=1S/C24H29ClFN4O8P/c1-13(14-4-2-3-5-16(14)26)28-17-6-20(25)29-23-15(17)8-27-30(23)18-7-19(22(32)21(18)31)37-11-24(9-36-10-24)12-38-39(33,34)35/h2-6,8,13,18-19,21-22,31-32H,7,9-12H2,1H3,(H,28,29)(H2,33,34,35)/t13-,18+,19-,21-,22+/m0/s1. The van der Waals surface area contributed by atoms with Crippen LogP contribution in [0.3, 0.4) is 0 Å². The molecule has 5 atom stereocenters. The summed E-state index contributed by atoms with van der Waals surface area (Å²) in [6.45, 7) is 1.89. The van der Waals surface area contributed by atoms with E-state index >= 15 is 0 Å². The molecule has 1 aliphatic carbocycles. The monoisotopic (exact) mass is 586 g/mol. The summed E-state index contributed by atoms with van der Waals surface area (Å²) >= 11 is 6.32. The van der Waals surface area contributed by atoms with Crippen molar-refractivity contribution in [1.29, 1.82) is 0 Å². The molecule has 1 aromatic carbocycles. The highest BCUT2D eigenvalue weighted by Crippen LogP contribution is 2.42. The summed E-state index contributed by atoms with van der Waals surface area (Å²) in [4.78, 5) is 22.4. The topological polar surface area (TPSA) is 168 Å². The van der Waals surface area contributed by atoms with Crippen molar-refractivity contribution in [2.24, 2.45) is 5.41 Å². The number of fused-ring (bicyclic) bond motifs is 1. The number of phosphoric ester groups is 1. The molecule has 1 saturated carbocycles. The number of anilines is 1. The molecule has 0 amide bonds. The Labute approximate surface area is 227 Å². The second kappa shape index (κ2) is 11.0. The Morgan fingerprint density at radius 2 is 2.03 bits per heavy atom. The number of pyridine rings is 1. The van der Waals surface area contributed by atoms with Gasteiger partial charge in [0.05, 0.1) is 67.3 Å². The molecule has 1 saturated heterocycles. The third-order valence-corrected chi connectivity index (χ3v) is 7.81. The SMILES string of the molecule is C[C@H](Nc1cc(Cl)nc2c1cnn2[C@@H]1C[C@H](OCC2(COP(=O)(O)O)COC2)[C@@H](O)[C@H]1O)c1ccccc1F. The van der Waals surface area contributed by atoms with Crippen LogP contribution < -0.4 is 5.32 Å². The summed E-state index contributed by atoms with van der Waals surface area (Å²) in [5, 5.41) is 30.0. The predicted octanol–water partition coefficient (Wildman–Crippen LogP) is 2.57. The molecule has 2 fully saturated rings. The second-order valence-corrected chi connectivity index (χ2v) is 11.7. The van der Waals surface area contributed by atoms with Crippen molar-refractivity contribution in [1.82, 2.24) is 14.8 Å². The first-order valence-corrected chi connectivity index (χ1v) is 14.2. The van der Waals surface area contributed by atoms with E-state index in [1.165, 1.54) is 10.7 Å². The fraction of sp³-hybridized carbons (Fsp3) is 0.500. The van der Waals surface area contributed by atoms with Crippen LogP contribution in [0.4, 0.5) is 10.1 Å². The molecule has 0 bridgehead atoms. The number of phosphoric acid groups is 1. The number of nitrogens with one attached hydrogen (secondary N) is 1. The van der Waals surface area contributed by atoms with Gasteiger partial charge in [-0.2, -0.15) is 5.10 Å². The van der Waals surface area contributed by atoms with Gasteiger partial charge in [0.25, 0.3) is 0 Å². The summed E-state index contributed by atoms with van der Waals surface area (Å²) < 4.78 is 42.7. The van der Waals surface area contributed by atoms with Crippen LogP contribution in [0.15, 0.2) is 36.5 Å². The van der Waals surface area contributed by atoms with Crippen LogP contribution in [0.25, 0.3) is 11.0 Å². The molecule has 2 aliphatic rings. The lowest BCUT2D eigenvalue weighted by Crippen LogP contribution is -2.50. The van der Waals surface area contributed by atoms with E-state index in [0.29, 0.717) is 22.3 Å². The van der Waals surface area contributed by atoms with E-state index in [-0.39, 0.29) is 43.8 Å². The highest BCUT2D eigenvalue weighted by Gasteiger charge is 2.47.